The SMILES string of the molecule is CCOc1ccc(N2C(=O)C(=O)/C(=C(/O)c3ccc(OC)cc3)C2c2c[nH]c3ccccc23)cc1. The van der Waals surface area contributed by atoms with Crippen LogP contribution in [0.1, 0.15) is 24.1 Å². The van der Waals surface area contributed by atoms with Gasteiger partial charge in [0.2, 0.25) is 0 Å². The molecule has 0 bridgehead atoms. The van der Waals surface area contributed by atoms with Gasteiger partial charge in [0.05, 0.1) is 25.3 Å². The van der Waals surface area contributed by atoms with Crippen LogP contribution in [-0.4, -0.2) is 35.5 Å². The van der Waals surface area contributed by atoms with Crippen LogP contribution in [0.3, 0.4) is 0 Å². The lowest BCUT2D eigenvalue weighted by atomic mass is 9.94. The first-order valence-corrected chi connectivity index (χ1v) is 11.3. The Morgan fingerprint density at radius 3 is 2.34 bits per heavy atom. The summed E-state index contributed by atoms with van der Waals surface area (Å²) in [5.41, 5.74) is 2.55. The molecular formula is C28H24N2O5. The summed E-state index contributed by atoms with van der Waals surface area (Å²) in [6.07, 6.45) is 1.78. The van der Waals surface area contributed by atoms with Gasteiger partial charge in [-0.25, -0.2) is 0 Å². The molecule has 1 aliphatic rings. The van der Waals surface area contributed by atoms with Crippen molar-refractivity contribution in [3.05, 3.63) is 95.7 Å². The number of ketones is 1. The topological polar surface area (TPSA) is 91.9 Å². The fraction of sp³-hybridized carbons (Fsp3) is 0.143. The van der Waals surface area contributed by atoms with Crippen LogP contribution in [0.4, 0.5) is 5.69 Å². The molecule has 1 fully saturated rings. The molecule has 0 spiro atoms. The van der Waals surface area contributed by atoms with E-state index in [4.69, 9.17) is 9.47 Å². The number of H-pyrrole nitrogens is 1. The number of amides is 1. The van der Waals surface area contributed by atoms with Gasteiger partial charge < -0.3 is 19.6 Å². The molecule has 35 heavy (non-hydrogen) atoms. The van der Waals surface area contributed by atoms with Crippen LogP contribution in [0.25, 0.3) is 16.7 Å². The number of Topliss-reactive ketones (excluding diaryl/α,β-unsaturated/α-hetero) is 1. The molecular weight excluding hydrogens is 444 g/mol. The molecule has 0 radical (unpaired) electrons. The number of rotatable bonds is 6. The normalized spacial score (nSPS) is 17.2. The molecule has 1 unspecified atom stereocenters. The monoisotopic (exact) mass is 468 g/mol. The minimum atomic E-state index is -0.828. The first-order valence-electron chi connectivity index (χ1n) is 11.3. The van der Waals surface area contributed by atoms with Crippen molar-refractivity contribution in [2.75, 3.05) is 18.6 Å². The maximum Gasteiger partial charge on any atom is 0.300 e. The quantitative estimate of drug-likeness (QED) is 0.231. The lowest BCUT2D eigenvalue weighted by Crippen LogP contribution is -2.29. The number of carbonyl (C=O) groups excluding carboxylic acids is 2. The minimum absolute atomic E-state index is 0.0267. The van der Waals surface area contributed by atoms with E-state index < -0.39 is 17.7 Å². The highest BCUT2D eigenvalue weighted by atomic mass is 16.5. The number of nitrogens with one attached hydrogen (secondary N) is 1. The van der Waals surface area contributed by atoms with Gasteiger partial charge in [-0.3, -0.25) is 14.5 Å². The van der Waals surface area contributed by atoms with Gasteiger partial charge in [0.25, 0.3) is 11.7 Å². The Kier molecular flexibility index (Phi) is 5.74. The molecule has 7 heteroatoms. The predicted molar refractivity (Wildman–Crippen MR) is 134 cm³/mol. The van der Waals surface area contributed by atoms with Crippen molar-refractivity contribution in [2.45, 2.75) is 13.0 Å². The van der Waals surface area contributed by atoms with E-state index in [2.05, 4.69) is 4.98 Å². The first-order chi connectivity index (χ1) is 17.0. The second kappa shape index (κ2) is 9.02. The highest BCUT2D eigenvalue weighted by Gasteiger charge is 2.47. The zero-order chi connectivity index (χ0) is 24.5. The Hall–Kier alpha value is -4.52. The van der Waals surface area contributed by atoms with Crippen molar-refractivity contribution >= 4 is 34.0 Å². The average molecular weight is 469 g/mol. The standard InChI is InChI=1S/C28H24N2O5/c1-3-35-20-14-10-18(11-15-20)30-25(22-16-29-23-7-5-4-6-21(22)23)24(27(32)28(30)33)26(31)17-8-12-19(34-2)13-9-17/h4-16,25,29,31H,3H2,1-2H3/b26-24+. The van der Waals surface area contributed by atoms with Gasteiger partial charge in [-0.05, 0) is 61.5 Å². The number of fused-ring (bicyclic) bond motifs is 1. The number of anilines is 1. The van der Waals surface area contributed by atoms with Gasteiger partial charge >= 0.3 is 0 Å². The number of aliphatic hydroxyl groups is 1. The van der Waals surface area contributed by atoms with Crippen LogP contribution in [0.2, 0.25) is 0 Å². The predicted octanol–water partition coefficient (Wildman–Crippen LogP) is 5.20. The van der Waals surface area contributed by atoms with E-state index in [1.54, 1.807) is 61.8 Å². The summed E-state index contributed by atoms with van der Waals surface area (Å²) < 4.78 is 10.7. The molecule has 4 aromatic rings. The third-order valence-corrected chi connectivity index (χ3v) is 6.15. The molecule has 2 heterocycles. The molecule has 1 aromatic heterocycles. The van der Waals surface area contributed by atoms with Crippen molar-refractivity contribution in [1.82, 2.24) is 4.98 Å². The number of aromatic amines is 1. The van der Waals surface area contributed by atoms with Crippen molar-refractivity contribution in [3.63, 3.8) is 0 Å². The molecule has 1 amide bonds. The molecule has 0 aliphatic carbocycles. The van der Waals surface area contributed by atoms with Gasteiger partial charge in [-0.2, -0.15) is 0 Å². The maximum atomic E-state index is 13.4. The molecule has 2 N–H and O–H groups in total. The fourth-order valence-corrected chi connectivity index (χ4v) is 4.49. The van der Waals surface area contributed by atoms with Gasteiger partial charge in [-0.1, -0.05) is 18.2 Å². The lowest BCUT2D eigenvalue weighted by Gasteiger charge is -2.25. The maximum absolute atomic E-state index is 13.4. The number of carbonyl (C=O) groups is 2. The van der Waals surface area contributed by atoms with E-state index in [1.807, 2.05) is 31.2 Å². The molecule has 0 saturated carbocycles. The van der Waals surface area contributed by atoms with Crippen LogP contribution in [0, 0.1) is 0 Å². The summed E-state index contributed by atoms with van der Waals surface area (Å²) in [5, 5.41) is 12.2. The summed E-state index contributed by atoms with van der Waals surface area (Å²) in [7, 11) is 1.55. The third-order valence-electron chi connectivity index (χ3n) is 6.15. The van der Waals surface area contributed by atoms with Gasteiger partial charge in [0.1, 0.15) is 17.3 Å². The Bertz CT molecular complexity index is 1430. The van der Waals surface area contributed by atoms with E-state index in [0.29, 0.717) is 34.9 Å². The van der Waals surface area contributed by atoms with E-state index >= 15 is 0 Å². The van der Waals surface area contributed by atoms with Gasteiger partial charge in [0, 0.05) is 33.9 Å². The summed E-state index contributed by atoms with van der Waals surface area (Å²) >= 11 is 0. The number of nitrogens with zero attached hydrogens (tertiary/aromatic N) is 1. The Morgan fingerprint density at radius 1 is 0.971 bits per heavy atom. The fourth-order valence-electron chi connectivity index (χ4n) is 4.49. The Morgan fingerprint density at radius 2 is 1.66 bits per heavy atom. The number of ether oxygens (including phenoxy) is 2. The number of aliphatic hydroxyl groups excluding tert-OH is 1. The largest absolute Gasteiger partial charge is 0.507 e. The molecule has 5 rings (SSSR count). The number of benzene rings is 3. The second-order valence-corrected chi connectivity index (χ2v) is 8.11. The summed E-state index contributed by atoms with van der Waals surface area (Å²) in [5.74, 6) is -0.420. The van der Waals surface area contributed by atoms with E-state index in [0.717, 1.165) is 10.9 Å². The van der Waals surface area contributed by atoms with Gasteiger partial charge in [0.15, 0.2) is 0 Å². The van der Waals surface area contributed by atoms with Crippen molar-refractivity contribution in [1.29, 1.82) is 0 Å². The zero-order valence-electron chi connectivity index (χ0n) is 19.3. The molecule has 1 aliphatic heterocycles. The number of hydrogen-bond acceptors (Lipinski definition) is 5. The summed E-state index contributed by atoms with van der Waals surface area (Å²) in [4.78, 5) is 31.4. The van der Waals surface area contributed by atoms with Crippen molar-refractivity contribution in [2.24, 2.45) is 0 Å². The van der Waals surface area contributed by atoms with Crippen LogP contribution in [-0.2, 0) is 9.59 Å². The molecule has 7 nitrogen and oxygen atoms in total. The van der Waals surface area contributed by atoms with Crippen LogP contribution in [0.5, 0.6) is 11.5 Å². The lowest BCUT2D eigenvalue weighted by molar-refractivity contribution is -0.132. The average Bonchev–Trinajstić information content (AvgIpc) is 3.43. The smallest absolute Gasteiger partial charge is 0.300 e. The molecule has 176 valence electrons. The second-order valence-electron chi connectivity index (χ2n) is 8.11. The van der Waals surface area contributed by atoms with E-state index in [-0.39, 0.29) is 11.3 Å². The van der Waals surface area contributed by atoms with E-state index in [1.165, 1.54) is 4.90 Å². The van der Waals surface area contributed by atoms with Crippen LogP contribution >= 0.6 is 0 Å². The van der Waals surface area contributed by atoms with Crippen molar-refractivity contribution < 1.29 is 24.2 Å². The number of aromatic nitrogens is 1. The summed E-state index contributed by atoms with van der Waals surface area (Å²) in [6, 6.07) is 20.5. The third kappa shape index (κ3) is 3.81. The van der Waals surface area contributed by atoms with Crippen LogP contribution < -0.4 is 14.4 Å². The van der Waals surface area contributed by atoms with Gasteiger partial charge in [-0.15, -0.1) is 0 Å². The van der Waals surface area contributed by atoms with Crippen molar-refractivity contribution in [3.8, 4) is 11.5 Å². The summed E-state index contributed by atoms with van der Waals surface area (Å²) in [6.45, 7) is 2.41. The number of methoxy groups -OCH3 is 1. The minimum Gasteiger partial charge on any atom is -0.507 e. The van der Waals surface area contributed by atoms with Crippen LogP contribution in [0.15, 0.2) is 84.6 Å². The number of hydrogen-bond donors (Lipinski definition) is 2. The molecule has 1 saturated heterocycles. The number of para-hydroxylation sites is 1. The highest BCUT2D eigenvalue weighted by molar-refractivity contribution is 6.51. The zero-order valence-corrected chi connectivity index (χ0v) is 19.3. The van der Waals surface area contributed by atoms with E-state index in [9.17, 15) is 14.7 Å². The Balaban J connectivity index is 1.71. The highest BCUT2D eigenvalue weighted by Crippen LogP contribution is 2.44. The first kappa shape index (κ1) is 22.3. The molecule has 1 atom stereocenters. The Labute approximate surface area is 202 Å². The molecule has 3 aromatic carbocycles.